The van der Waals surface area contributed by atoms with Crippen molar-refractivity contribution in [3.63, 3.8) is 0 Å². The molecule has 1 aliphatic rings. The van der Waals surface area contributed by atoms with Crippen LogP contribution in [0, 0.1) is 11.3 Å². The lowest BCUT2D eigenvalue weighted by molar-refractivity contribution is 0.0730. The standard InChI is InChI=1S/C21H19ClN4O4S/c22-18-4-2-1-3-16(18)14-24-21-19(13-23)25-20(30-21)15-5-7-17(8-6-15)31(27,28)26-9-11-29-12-10-26/h1-8,24H,9-12,14H2. The molecule has 1 aliphatic heterocycles. The number of aromatic nitrogens is 1. The van der Waals surface area contributed by atoms with Gasteiger partial charge in [0, 0.05) is 30.2 Å². The number of morpholine rings is 1. The third kappa shape index (κ3) is 4.57. The summed E-state index contributed by atoms with van der Waals surface area (Å²) in [5.41, 5.74) is 1.51. The van der Waals surface area contributed by atoms with Crippen molar-refractivity contribution in [2.24, 2.45) is 0 Å². The highest BCUT2D eigenvalue weighted by molar-refractivity contribution is 7.89. The van der Waals surface area contributed by atoms with Crippen molar-refractivity contribution in [2.75, 3.05) is 31.6 Å². The van der Waals surface area contributed by atoms with Gasteiger partial charge in [-0.2, -0.15) is 14.6 Å². The first-order chi connectivity index (χ1) is 15.0. The summed E-state index contributed by atoms with van der Waals surface area (Å²) in [6, 6.07) is 15.6. The summed E-state index contributed by atoms with van der Waals surface area (Å²) in [6.07, 6.45) is 0. The number of nitrogens with zero attached hydrogens (tertiary/aromatic N) is 3. The van der Waals surface area contributed by atoms with Gasteiger partial charge in [0.2, 0.25) is 27.5 Å². The van der Waals surface area contributed by atoms with Gasteiger partial charge in [-0.15, -0.1) is 0 Å². The highest BCUT2D eigenvalue weighted by atomic mass is 35.5. The van der Waals surface area contributed by atoms with Gasteiger partial charge in [-0.3, -0.25) is 0 Å². The van der Waals surface area contributed by atoms with E-state index in [2.05, 4.69) is 10.3 Å². The molecule has 0 atom stereocenters. The van der Waals surface area contributed by atoms with Gasteiger partial charge in [-0.25, -0.2) is 8.42 Å². The molecule has 1 N–H and O–H groups in total. The van der Waals surface area contributed by atoms with Crippen molar-refractivity contribution < 1.29 is 17.6 Å². The lowest BCUT2D eigenvalue weighted by Crippen LogP contribution is -2.40. The van der Waals surface area contributed by atoms with Crippen molar-refractivity contribution in [1.29, 1.82) is 5.26 Å². The molecule has 2 aromatic carbocycles. The van der Waals surface area contributed by atoms with E-state index in [-0.39, 0.29) is 22.4 Å². The van der Waals surface area contributed by atoms with Gasteiger partial charge in [-0.05, 0) is 35.9 Å². The number of halogens is 1. The number of nitriles is 1. The Kier molecular flexibility index (Phi) is 6.25. The number of anilines is 1. The van der Waals surface area contributed by atoms with Crippen LogP contribution in [0.2, 0.25) is 5.02 Å². The van der Waals surface area contributed by atoms with Gasteiger partial charge < -0.3 is 14.5 Å². The SMILES string of the molecule is N#Cc1nc(-c2ccc(S(=O)(=O)N3CCOCC3)cc2)oc1NCc1ccccc1Cl. The fraction of sp³-hybridized carbons (Fsp3) is 0.238. The van der Waals surface area contributed by atoms with E-state index in [4.69, 9.17) is 20.8 Å². The molecule has 0 radical (unpaired) electrons. The second kappa shape index (κ2) is 9.08. The monoisotopic (exact) mass is 458 g/mol. The van der Waals surface area contributed by atoms with E-state index in [1.807, 2.05) is 24.3 Å². The van der Waals surface area contributed by atoms with E-state index in [1.54, 1.807) is 18.2 Å². The smallest absolute Gasteiger partial charge is 0.243 e. The molecule has 1 saturated heterocycles. The Morgan fingerprint density at radius 2 is 1.84 bits per heavy atom. The van der Waals surface area contributed by atoms with Crippen molar-refractivity contribution >= 4 is 27.5 Å². The van der Waals surface area contributed by atoms with Crippen LogP contribution in [-0.4, -0.2) is 44.0 Å². The molecule has 0 aliphatic carbocycles. The van der Waals surface area contributed by atoms with Crippen molar-refractivity contribution in [1.82, 2.24) is 9.29 Å². The minimum atomic E-state index is -3.59. The molecular formula is C21H19ClN4O4S. The Balaban J connectivity index is 1.53. The molecule has 1 fully saturated rings. The number of sulfonamides is 1. The van der Waals surface area contributed by atoms with E-state index in [0.717, 1.165) is 5.56 Å². The maximum Gasteiger partial charge on any atom is 0.243 e. The predicted molar refractivity (Wildman–Crippen MR) is 115 cm³/mol. The molecule has 0 spiro atoms. The fourth-order valence-corrected chi connectivity index (χ4v) is 4.77. The third-order valence-electron chi connectivity index (χ3n) is 4.84. The molecule has 31 heavy (non-hydrogen) atoms. The second-order valence-corrected chi connectivity index (χ2v) is 9.14. The second-order valence-electron chi connectivity index (χ2n) is 6.79. The highest BCUT2D eigenvalue weighted by Crippen LogP contribution is 2.28. The fourth-order valence-electron chi connectivity index (χ4n) is 3.16. The van der Waals surface area contributed by atoms with Crippen molar-refractivity contribution in [2.45, 2.75) is 11.4 Å². The Labute approximate surface area is 185 Å². The average Bonchev–Trinajstić information content (AvgIpc) is 3.22. The van der Waals surface area contributed by atoms with Crippen LogP contribution in [0.1, 0.15) is 11.3 Å². The minimum absolute atomic E-state index is 0.104. The zero-order valence-electron chi connectivity index (χ0n) is 16.4. The van der Waals surface area contributed by atoms with Gasteiger partial charge in [0.1, 0.15) is 6.07 Å². The van der Waals surface area contributed by atoms with Crippen LogP contribution in [0.5, 0.6) is 0 Å². The molecule has 1 aromatic heterocycles. The van der Waals surface area contributed by atoms with Gasteiger partial charge in [0.15, 0.2) is 0 Å². The van der Waals surface area contributed by atoms with Gasteiger partial charge in [0.25, 0.3) is 0 Å². The van der Waals surface area contributed by atoms with E-state index in [1.165, 1.54) is 16.4 Å². The van der Waals surface area contributed by atoms with E-state index >= 15 is 0 Å². The summed E-state index contributed by atoms with van der Waals surface area (Å²) < 4.78 is 37.9. The summed E-state index contributed by atoms with van der Waals surface area (Å²) in [4.78, 5) is 4.40. The Bertz CT molecular complexity index is 1210. The molecular weight excluding hydrogens is 440 g/mol. The quantitative estimate of drug-likeness (QED) is 0.602. The van der Waals surface area contributed by atoms with Gasteiger partial charge in [0.05, 0.1) is 18.1 Å². The summed E-state index contributed by atoms with van der Waals surface area (Å²) in [5, 5.41) is 13.0. The zero-order chi connectivity index (χ0) is 21.8. The molecule has 8 nitrogen and oxygen atoms in total. The normalized spacial score (nSPS) is 14.8. The third-order valence-corrected chi connectivity index (χ3v) is 7.12. The maximum atomic E-state index is 12.8. The molecule has 0 amide bonds. The Morgan fingerprint density at radius 1 is 1.13 bits per heavy atom. The van der Waals surface area contributed by atoms with Crippen LogP contribution in [0.15, 0.2) is 57.8 Å². The highest BCUT2D eigenvalue weighted by Gasteiger charge is 2.26. The van der Waals surface area contributed by atoms with Crippen LogP contribution in [0.4, 0.5) is 5.88 Å². The molecule has 0 bridgehead atoms. The molecule has 3 aromatic rings. The van der Waals surface area contributed by atoms with Crippen molar-refractivity contribution in [3.8, 4) is 17.5 Å². The average molecular weight is 459 g/mol. The number of hydrogen-bond acceptors (Lipinski definition) is 7. The summed E-state index contributed by atoms with van der Waals surface area (Å²) >= 11 is 6.16. The van der Waals surface area contributed by atoms with E-state index < -0.39 is 10.0 Å². The molecule has 4 rings (SSSR count). The van der Waals surface area contributed by atoms with Gasteiger partial charge >= 0.3 is 0 Å². The summed E-state index contributed by atoms with van der Waals surface area (Å²) in [6.45, 7) is 1.79. The number of oxazole rings is 1. The first-order valence-corrected chi connectivity index (χ1v) is 11.4. The van der Waals surface area contributed by atoms with Crippen molar-refractivity contribution in [3.05, 3.63) is 64.8 Å². The largest absolute Gasteiger partial charge is 0.419 e. The summed E-state index contributed by atoms with van der Waals surface area (Å²) in [7, 11) is -3.59. The molecule has 0 saturated carbocycles. The van der Waals surface area contributed by atoms with E-state index in [9.17, 15) is 13.7 Å². The number of benzene rings is 2. The first kappa shape index (κ1) is 21.3. The maximum absolute atomic E-state index is 12.8. The summed E-state index contributed by atoms with van der Waals surface area (Å²) in [5.74, 6) is 0.441. The van der Waals surface area contributed by atoms with Crippen LogP contribution in [0.25, 0.3) is 11.5 Å². The van der Waals surface area contributed by atoms with E-state index in [0.29, 0.717) is 43.4 Å². The lowest BCUT2D eigenvalue weighted by Gasteiger charge is -2.26. The van der Waals surface area contributed by atoms with Gasteiger partial charge in [-0.1, -0.05) is 29.8 Å². The topological polar surface area (TPSA) is 108 Å². The molecule has 10 heteroatoms. The lowest BCUT2D eigenvalue weighted by atomic mass is 10.2. The Hall–Kier alpha value is -2.90. The molecule has 2 heterocycles. The molecule has 160 valence electrons. The minimum Gasteiger partial charge on any atom is -0.419 e. The van der Waals surface area contributed by atoms with Crippen LogP contribution < -0.4 is 5.32 Å². The van der Waals surface area contributed by atoms with Crippen LogP contribution >= 0.6 is 11.6 Å². The number of nitrogens with one attached hydrogen (secondary N) is 1. The number of hydrogen-bond donors (Lipinski definition) is 1. The predicted octanol–water partition coefficient (Wildman–Crippen LogP) is 3.50. The van der Waals surface area contributed by atoms with Crippen LogP contribution in [0.3, 0.4) is 0 Å². The molecule has 0 unspecified atom stereocenters. The van der Waals surface area contributed by atoms with Crippen LogP contribution in [-0.2, 0) is 21.3 Å². The number of ether oxygens (including phenoxy) is 1. The first-order valence-electron chi connectivity index (χ1n) is 9.55. The Morgan fingerprint density at radius 3 is 2.52 bits per heavy atom. The zero-order valence-corrected chi connectivity index (χ0v) is 18.0. The number of rotatable bonds is 6.